The molecule has 0 fully saturated rings. The Morgan fingerprint density at radius 2 is 0.917 bits per heavy atom. The van der Waals surface area contributed by atoms with E-state index < -0.39 is 12.6 Å². The minimum Gasteiger partial charge on any atom is -0.370 e. The molecule has 1 rings (SSSR count). The van der Waals surface area contributed by atoms with Crippen LogP contribution in [0.4, 0.5) is 5.82 Å². The van der Waals surface area contributed by atoms with Gasteiger partial charge in [-0.2, -0.15) is 0 Å². The predicted molar refractivity (Wildman–Crippen MR) is 256 cm³/mol. The van der Waals surface area contributed by atoms with E-state index in [0.717, 1.165) is 96.8 Å². The molecule has 9 nitrogen and oxygen atoms in total. The highest BCUT2D eigenvalue weighted by Gasteiger charge is 2.15. The highest BCUT2D eigenvalue weighted by atomic mass is 16.6. The quantitative estimate of drug-likeness (QED) is 0.0378. The maximum absolute atomic E-state index is 11.6. The third-order valence-electron chi connectivity index (χ3n) is 12.3. The molecule has 0 aliphatic carbocycles. The number of H-pyrrole nitrogens is 1. The van der Waals surface area contributed by atoms with Crippen molar-refractivity contribution in [2.24, 2.45) is 0 Å². The number of aromatic nitrogens is 2. The lowest BCUT2D eigenvalue weighted by Gasteiger charge is -2.23. The first-order chi connectivity index (χ1) is 29.4. The molecule has 0 aliphatic heterocycles. The van der Waals surface area contributed by atoms with Gasteiger partial charge in [0.2, 0.25) is 0 Å². The van der Waals surface area contributed by atoms with Gasteiger partial charge in [-0.05, 0) is 90.3 Å². The van der Waals surface area contributed by atoms with Crippen LogP contribution in [0.1, 0.15) is 252 Å². The van der Waals surface area contributed by atoms with E-state index in [1.54, 1.807) is 0 Å². The van der Waals surface area contributed by atoms with Crippen LogP contribution in [-0.4, -0.2) is 76.0 Å². The van der Waals surface area contributed by atoms with E-state index >= 15 is 0 Å². The van der Waals surface area contributed by atoms with Gasteiger partial charge in [0.05, 0.1) is 18.5 Å². The molecule has 0 aliphatic rings. The zero-order valence-electron chi connectivity index (χ0n) is 40.1. The average molecular weight is 849 g/mol. The number of rotatable bonds is 47. The van der Waals surface area contributed by atoms with Crippen LogP contribution in [-0.2, 0) is 9.47 Å². The van der Waals surface area contributed by atoms with E-state index in [9.17, 15) is 15.0 Å². The van der Waals surface area contributed by atoms with E-state index in [2.05, 4.69) is 47.9 Å². The molecule has 0 spiro atoms. The Morgan fingerprint density at radius 1 is 0.533 bits per heavy atom. The maximum atomic E-state index is 11.6. The Labute approximate surface area is 370 Å². The monoisotopic (exact) mass is 849 g/mol. The third kappa shape index (κ3) is 36.0. The molecule has 1 aromatic rings. The van der Waals surface area contributed by atoms with Crippen molar-refractivity contribution in [1.29, 1.82) is 0 Å². The summed E-state index contributed by atoms with van der Waals surface area (Å²) in [4.78, 5) is 21.1. The van der Waals surface area contributed by atoms with E-state index in [-0.39, 0.29) is 17.8 Å². The van der Waals surface area contributed by atoms with E-state index in [1.807, 2.05) is 0 Å². The fourth-order valence-electron chi connectivity index (χ4n) is 8.38. The second-order valence-corrected chi connectivity index (χ2v) is 18.0. The van der Waals surface area contributed by atoms with Crippen LogP contribution < -0.4 is 10.9 Å². The van der Waals surface area contributed by atoms with Gasteiger partial charge in [0.15, 0.2) is 12.6 Å². The van der Waals surface area contributed by atoms with Gasteiger partial charge in [-0.25, -0.2) is 4.98 Å². The molecular formula is C51H100N4O5. The van der Waals surface area contributed by atoms with Crippen molar-refractivity contribution in [1.82, 2.24) is 14.9 Å². The first-order valence-electron chi connectivity index (χ1n) is 26.1. The third-order valence-corrected chi connectivity index (χ3v) is 12.3. The SMILES string of the molecule is CCCCCCCCC(CC)OC(O)CCCCCCCN(CCCCCCCC(O)OC(CCCCCCCC)CCCCCCCC)CCCNc1cc(=O)[nH]cn1. The number of ether oxygens (including phenoxy) is 2. The lowest BCUT2D eigenvalue weighted by Crippen LogP contribution is -2.28. The van der Waals surface area contributed by atoms with Crippen LogP contribution in [0.25, 0.3) is 0 Å². The summed E-state index contributed by atoms with van der Waals surface area (Å²) in [5.74, 6) is 0.630. The van der Waals surface area contributed by atoms with Gasteiger partial charge in [-0.1, -0.05) is 182 Å². The minimum atomic E-state index is -0.631. The fourth-order valence-corrected chi connectivity index (χ4v) is 8.38. The summed E-state index contributed by atoms with van der Waals surface area (Å²) in [7, 11) is 0. The molecule has 60 heavy (non-hydrogen) atoms. The van der Waals surface area contributed by atoms with Crippen LogP contribution in [0.5, 0.6) is 0 Å². The van der Waals surface area contributed by atoms with Crippen molar-refractivity contribution in [2.45, 2.75) is 277 Å². The molecule has 4 N–H and O–H groups in total. The molecule has 1 aromatic heterocycles. The van der Waals surface area contributed by atoms with E-state index in [4.69, 9.17) is 9.47 Å². The number of nitrogens with zero attached hydrogens (tertiary/aromatic N) is 2. The molecular weight excluding hydrogens is 749 g/mol. The summed E-state index contributed by atoms with van der Waals surface area (Å²) < 4.78 is 12.3. The van der Waals surface area contributed by atoms with E-state index in [0.29, 0.717) is 5.82 Å². The van der Waals surface area contributed by atoms with Gasteiger partial charge >= 0.3 is 0 Å². The number of anilines is 1. The van der Waals surface area contributed by atoms with Gasteiger partial charge in [0, 0.05) is 12.6 Å². The molecule has 1 heterocycles. The largest absolute Gasteiger partial charge is 0.370 e. The number of hydrogen-bond donors (Lipinski definition) is 4. The summed E-state index contributed by atoms with van der Waals surface area (Å²) in [6, 6.07) is 1.51. The van der Waals surface area contributed by atoms with Gasteiger partial charge in [-0.3, -0.25) is 4.79 Å². The number of hydrogen-bond acceptors (Lipinski definition) is 8. The Balaban J connectivity index is 2.37. The fraction of sp³-hybridized carbons (Fsp3) is 0.922. The van der Waals surface area contributed by atoms with Crippen LogP contribution >= 0.6 is 0 Å². The Kier molecular flexibility index (Phi) is 40.3. The number of nitrogens with one attached hydrogen (secondary N) is 2. The topological polar surface area (TPSA) is 120 Å². The van der Waals surface area contributed by atoms with Crippen molar-refractivity contribution in [3.05, 3.63) is 22.7 Å². The number of unbranched alkanes of at least 4 members (excludes halogenated alkanes) is 23. The molecule has 0 saturated carbocycles. The summed E-state index contributed by atoms with van der Waals surface area (Å²) in [5.41, 5.74) is -0.136. The summed E-state index contributed by atoms with van der Waals surface area (Å²) in [6.45, 7) is 13.0. The van der Waals surface area contributed by atoms with Crippen LogP contribution in [0, 0.1) is 0 Å². The second kappa shape index (κ2) is 42.8. The first kappa shape index (κ1) is 56.5. The van der Waals surface area contributed by atoms with Crippen LogP contribution in [0.3, 0.4) is 0 Å². The average Bonchev–Trinajstić information content (AvgIpc) is 3.24. The first-order valence-corrected chi connectivity index (χ1v) is 26.1. The Morgan fingerprint density at radius 3 is 1.37 bits per heavy atom. The van der Waals surface area contributed by atoms with Gasteiger partial charge in [-0.15, -0.1) is 0 Å². The molecule has 0 bridgehead atoms. The molecule has 0 saturated heterocycles. The molecule has 3 atom stereocenters. The Bertz CT molecular complexity index is 1060. The lowest BCUT2D eigenvalue weighted by atomic mass is 10.0. The maximum Gasteiger partial charge on any atom is 0.252 e. The zero-order valence-corrected chi connectivity index (χ0v) is 40.1. The van der Waals surface area contributed by atoms with Crippen molar-refractivity contribution < 1.29 is 19.7 Å². The summed E-state index contributed by atoms with van der Waals surface area (Å²) in [6.07, 6.45) is 42.2. The Hall–Kier alpha value is -1.52. The van der Waals surface area contributed by atoms with Gasteiger partial charge < -0.3 is 34.9 Å². The van der Waals surface area contributed by atoms with Gasteiger partial charge in [0.1, 0.15) is 5.82 Å². The zero-order chi connectivity index (χ0) is 43.6. The lowest BCUT2D eigenvalue weighted by molar-refractivity contribution is -0.144. The molecule has 0 amide bonds. The standard InChI is InChI=1S/C51H100N4O5/c1-5-9-12-15-20-27-35-46(8-4)59-50(57)38-30-23-18-25-32-41-55(43-34-40-52-48-44-49(56)54-45-53-48)42-33-26-19-24-31-39-51(58)60-47(36-28-21-16-13-10-6-2)37-29-22-17-14-11-7-3/h44-47,50-51,57-58H,5-43H2,1-4H3,(H2,52,53,54,56). The van der Waals surface area contributed by atoms with Crippen molar-refractivity contribution in [3.63, 3.8) is 0 Å². The smallest absolute Gasteiger partial charge is 0.252 e. The van der Waals surface area contributed by atoms with Gasteiger partial charge in [0.25, 0.3) is 5.56 Å². The molecule has 0 radical (unpaired) electrons. The van der Waals surface area contributed by atoms with E-state index in [1.165, 1.54) is 166 Å². The second-order valence-electron chi connectivity index (χ2n) is 18.0. The van der Waals surface area contributed by atoms with Crippen molar-refractivity contribution >= 4 is 5.82 Å². The normalized spacial score (nSPS) is 13.4. The van der Waals surface area contributed by atoms with Crippen LogP contribution in [0.2, 0.25) is 0 Å². The number of aromatic amines is 1. The highest BCUT2D eigenvalue weighted by Crippen LogP contribution is 2.20. The summed E-state index contributed by atoms with van der Waals surface area (Å²) in [5, 5.41) is 24.7. The highest BCUT2D eigenvalue weighted by molar-refractivity contribution is 5.31. The van der Waals surface area contributed by atoms with Crippen molar-refractivity contribution in [3.8, 4) is 0 Å². The molecule has 0 aromatic carbocycles. The molecule has 3 unspecified atom stereocenters. The number of aliphatic hydroxyl groups is 2. The molecule has 9 heteroatoms. The number of aliphatic hydroxyl groups excluding tert-OH is 2. The minimum absolute atomic E-state index is 0.136. The molecule has 354 valence electrons. The summed E-state index contributed by atoms with van der Waals surface area (Å²) >= 11 is 0. The van der Waals surface area contributed by atoms with Crippen molar-refractivity contribution in [2.75, 3.05) is 31.5 Å². The predicted octanol–water partition coefficient (Wildman–Crippen LogP) is 13.6. The van der Waals surface area contributed by atoms with Crippen LogP contribution in [0.15, 0.2) is 17.2 Å².